The van der Waals surface area contributed by atoms with Gasteiger partial charge in [0.1, 0.15) is 0 Å². The number of carboxylic acids is 1. The van der Waals surface area contributed by atoms with Crippen molar-refractivity contribution in [3.05, 3.63) is 0 Å². The van der Waals surface area contributed by atoms with Crippen LogP contribution in [0.1, 0.15) is 6.92 Å². The lowest BCUT2D eigenvalue weighted by molar-refractivity contribution is -0.140. The van der Waals surface area contributed by atoms with Crippen LogP contribution in [0, 0.1) is 5.92 Å². The average molecular weight is 250 g/mol. The first kappa shape index (κ1) is 13.4. The van der Waals surface area contributed by atoms with Crippen molar-refractivity contribution >= 4 is 16.0 Å². The maximum Gasteiger partial charge on any atom is 0.307 e. The molecule has 1 heterocycles. The molecule has 0 aromatic carbocycles. The van der Waals surface area contributed by atoms with Crippen LogP contribution in [0.5, 0.6) is 0 Å². The normalized spacial score (nSPS) is 21.9. The van der Waals surface area contributed by atoms with Crippen molar-refractivity contribution in [1.29, 1.82) is 0 Å². The van der Waals surface area contributed by atoms with Gasteiger partial charge in [-0.2, -0.15) is 4.31 Å². The summed E-state index contributed by atoms with van der Waals surface area (Å²) in [6.07, 6.45) is 0. The molecule has 7 heteroatoms. The molecule has 0 spiro atoms. The molecule has 94 valence electrons. The fourth-order valence-corrected chi connectivity index (χ4v) is 3.26. The summed E-state index contributed by atoms with van der Waals surface area (Å²) in [5, 5.41) is 8.69. The molecule has 1 fully saturated rings. The van der Waals surface area contributed by atoms with Crippen LogP contribution < -0.4 is 0 Å². The molecular formula is C9H18N2O4S. The lowest BCUT2D eigenvalue weighted by Crippen LogP contribution is -2.48. The van der Waals surface area contributed by atoms with Crippen LogP contribution in [0.2, 0.25) is 0 Å². The van der Waals surface area contributed by atoms with Crippen molar-refractivity contribution in [2.75, 3.05) is 39.0 Å². The van der Waals surface area contributed by atoms with E-state index in [9.17, 15) is 13.2 Å². The largest absolute Gasteiger partial charge is 0.481 e. The quantitative estimate of drug-likeness (QED) is 0.713. The number of rotatable bonds is 4. The molecule has 0 bridgehead atoms. The second-order valence-electron chi connectivity index (χ2n) is 4.22. The Hall–Kier alpha value is -0.660. The number of likely N-dealkylation sites (N-methyl/N-ethyl adjacent to an activating group) is 1. The van der Waals surface area contributed by atoms with Crippen LogP contribution in [0.3, 0.4) is 0 Å². The van der Waals surface area contributed by atoms with Crippen molar-refractivity contribution < 1.29 is 18.3 Å². The molecule has 0 aliphatic carbocycles. The zero-order valence-electron chi connectivity index (χ0n) is 9.59. The van der Waals surface area contributed by atoms with Crippen LogP contribution in [0.25, 0.3) is 0 Å². The number of carbonyl (C=O) groups is 1. The molecule has 0 saturated carbocycles. The summed E-state index contributed by atoms with van der Waals surface area (Å²) >= 11 is 0. The molecule has 6 nitrogen and oxygen atoms in total. The molecule has 1 saturated heterocycles. The topological polar surface area (TPSA) is 77.9 Å². The molecule has 0 aromatic heterocycles. The van der Waals surface area contributed by atoms with Crippen molar-refractivity contribution in [2.45, 2.75) is 6.92 Å². The Morgan fingerprint density at radius 3 is 2.25 bits per heavy atom. The number of hydrogen-bond acceptors (Lipinski definition) is 4. The van der Waals surface area contributed by atoms with Gasteiger partial charge in [-0.1, -0.05) is 6.92 Å². The van der Waals surface area contributed by atoms with E-state index < -0.39 is 21.9 Å². The van der Waals surface area contributed by atoms with Gasteiger partial charge in [-0.3, -0.25) is 4.79 Å². The first-order valence-corrected chi connectivity index (χ1v) is 6.83. The van der Waals surface area contributed by atoms with E-state index in [1.807, 2.05) is 11.9 Å². The van der Waals surface area contributed by atoms with Crippen LogP contribution in [0.15, 0.2) is 0 Å². The highest BCUT2D eigenvalue weighted by molar-refractivity contribution is 7.89. The van der Waals surface area contributed by atoms with E-state index in [4.69, 9.17) is 5.11 Å². The molecule has 1 aliphatic heterocycles. The smallest absolute Gasteiger partial charge is 0.307 e. The second-order valence-corrected chi connectivity index (χ2v) is 6.23. The third-order valence-electron chi connectivity index (χ3n) is 2.74. The van der Waals surface area contributed by atoms with Gasteiger partial charge in [0.2, 0.25) is 10.0 Å². The minimum atomic E-state index is -3.43. The Kier molecular flexibility index (Phi) is 4.28. The maximum atomic E-state index is 11.9. The van der Waals surface area contributed by atoms with Crippen molar-refractivity contribution in [2.24, 2.45) is 5.92 Å². The Balaban J connectivity index is 2.60. The summed E-state index contributed by atoms with van der Waals surface area (Å²) in [7, 11) is -1.49. The van der Waals surface area contributed by atoms with Crippen LogP contribution >= 0.6 is 0 Å². The van der Waals surface area contributed by atoms with Gasteiger partial charge < -0.3 is 10.0 Å². The Bertz CT molecular complexity index is 347. The molecule has 1 aliphatic rings. The average Bonchev–Trinajstić information content (AvgIpc) is 2.17. The highest BCUT2D eigenvalue weighted by atomic mass is 32.2. The maximum absolute atomic E-state index is 11.9. The fraction of sp³-hybridized carbons (Fsp3) is 0.889. The van der Waals surface area contributed by atoms with Crippen LogP contribution in [-0.2, 0) is 14.8 Å². The summed E-state index contributed by atoms with van der Waals surface area (Å²) in [5.41, 5.74) is 0. The van der Waals surface area contributed by atoms with Gasteiger partial charge in [0.25, 0.3) is 0 Å². The number of nitrogens with zero attached hydrogens (tertiary/aromatic N) is 2. The van der Waals surface area contributed by atoms with Gasteiger partial charge in [0.05, 0.1) is 11.7 Å². The highest BCUT2D eigenvalue weighted by Crippen LogP contribution is 2.10. The van der Waals surface area contributed by atoms with Crippen molar-refractivity contribution in [1.82, 2.24) is 9.21 Å². The lowest BCUT2D eigenvalue weighted by atomic mass is 10.2. The van der Waals surface area contributed by atoms with E-state index in [0.29, 0.717) is 26.2 Å². The molecular weight excluding hydrogens is 232 g/mol. The van der Waals surface area contributed by atoms with E-state index in [1.165, 1.54) is 11.2 Å². The van der Waals surface area contributed by atoms with Crippen molar-refractivity contribution in [3.8, 4) is 0 Å². The SMILES string of the molecule is C[C@H](CS(=O)(=O)N1CCN(C)CC1)C(=O)O. The molecule has 16 heavy (non-hydrogen) atoms. The molecule has 0 amide bonds. The first-order valence-electron chi connectivity index (χ1n) is 5.22. The van der Waals surface area contributed by atoms with E-state index in [1.54, 1.807) is 0 Å². The summed E-state index contributed by atoms with van der Waals surface area (Å²) in [6.45, 7) is 3.70. The van der Waals surface area contributed by atoms with E-state index >= 15 is 0 Å². The lowest BCUT2D eigenvalue weighted by Gasteiger charge is -2.31. The Labute approximate surface area is 95.9 Å². The van der Waals surface area contributed by atoms with Gasteiger partial charge in [-0.15, -0.1) is 0 Å². The zero-order valence-corrected chi connectivity index (χ0v) is 10.4. The molecule has 0 radical (unpaired) electrons. The van der Waals surface area contributed by atoms with Crippen molar-refractivity contribution in [3.63, 3.8) is 0 Å². The minimum absolute atomic E-state index is 0.313. The van der Waals surface area contributed by atoms with Crippen LogP contribution in [0.4, 0.5) is 0 Å². The molecule has 1 N–H and O–H groups in total. The monoisotopic (exact) mass is 250 g/mol. The zero-order chi connectivity index (χ0) is 12.3. The Morgan fingerprint density at radius 2 is 1.81 bits per heavy atom. The summed E-state index contributed by atoms with van der Waals surface area (Å²) in [5.74, 6) is -2.24. The van der Waals surface area contributed by atoms with Gasteiger partial charge in [0, 0.05) is 26.2 Å². The van der Waals surface area contributed by atoms with E-state index in [0.717, 1.165) is 0 Å². The third kappa shape index (κ3) is 3.43. The first-order chi connectivity index (χ1) is 7.33. The fourth-order valence-electron chi connectivity index (χ4n) is 1.56. The number of carboxylic acid groups (broad SMARTS) is 1. The summed E-state index contributed by atoms with van der Waals surface area (Å²) in [4.78, 5) is 12.7. The van der Waals surface area contributed by atoms with Gasteiger partial charge in [-0.05, 0) is 7.05 Å². The number of aliphatic carboxylic acids is 1. The molecule has 1 atom stereocenters. The number of piperazine rings is 1. The van der Waals surface area contributed by atoms with E-state index in [2.05, 4.69) is 0 Å². The standard InChI is InChI=1S/C9H18N2O4S/c1-8(9(12)13)7-16(14,15)11-5-3-10(2)4-6-11/h8H,3-7H2,1-2H3,(H,12,13)/t8-/m1/s1. The van der Waals surface area contributed by atoms with Gasteiger partial charge in [-0.25, -0.2) is 8.42 Å². The molecule has 0 unspecified atom stereocenters. The number of hydrogen-bond donors (Lipinski definition) is 1. The number of sulfonamides is 1. The Morgan fingerprint density at radius 1 is 1.31 bits per heavy atom. The predicted molar refractivity (Wildman–Crippen MR) is 59.7 cm³/mol. The van der Waals surface area contributed by atoms with Crippen LogP contribution in [-0.4, -0.2) is 67.7 Å². The highest BCUT2D eigenvalue weighted by Gasteiger charge is 2.29. The third-order valence-corrected chi connectivity index (χ3v) is 4.81. The molecule has 0 aromatic rings. The predicted octanol–water partition coefficient (Wildman–Crippen LogP) is -0.716. The van der Waals surface area contributed by atoms with Gasteiger partial charge >= 0.3 is 5.97 Å². The van der Waals surface area contributed by atoms with Gasteiger partial charge in [0.15, 0.2) is 0 Å². The summed E-state index contributed by atoms with van der Waals surface area (Å²) in [6, 6.07) is 0. The summed E-state index contributed by atoms with van der Waals surface area (Å²) < 4.78 is 25.1. The minimum Gasteiger partial charge on any atom is -0.481 e. The molecule has 1 rings (SSSR count). The second kappa shape index (κ2) is 5.11. The van der Waals surface area contributed by atoms with E-state index in [-0.39, 0.29) is 5.75 Å².